The second-order valence-electron chi connectivity index (χ2n) is 6.87. The van der Waals surface area contributed by atoms with Crippen molar-refractivity contribution in [2.75, 3.05) is 11.1 Å². The Morgan fingerprint density at radius 2 is 1.97 bits per heavy atom. The van der Waals surface area contributed by atoms with Gasteiger partial charge in [-0.25, -0.2) is 4.39 Å². The van der Waals surface area contributed by atoms with Crippen LogP contribution >= 0.6 is 11.8 Å². The minimum absolute atomic E-state index is 0.0463. The number of hydrogen-bond acceptors (Lipinski definition) is 5. The number of anilines is 1. The third-order valence-electron chi connectivity index (χ3n) is 4.35. The van der Waals surface area contributed by atoms with Crippen molar-refractivity contribution in [3.63, 3.8) is 0 Å². The SMILES string of the molecule is C=CCn1c(SCC(=O)Nc2cccc(C(F)(F)F)c2)nnc1C(C)Oc1ccc(F)cc1. The molecule has 6 nitrogen and oxygen atoms in total. The Morgan fingerprint density at radius 3 is 2.64 bits per heavy atom. The van der Waals surface area contributed by atoms with Crippen LogP contribution in [0.5, 0.6) is 5.75 Å². The molecule has 1 amide bonds. The maximum Gasteiger partial charge on any atom is 0.416 e. The number of carbonyl (C=O) groups is 1. The molecule has 0 bridgehead atoms. The van der Waals surface area contributed by atoms with Crippen LogP contribution in [0.1, 0.15) is 24.4 Å². The molecule has 11 heteroatoms. The van der Waals surface area contributed by atoms with Gasteiger partial charge in [0.2, 0.25) is 5.91 Å². The molecule has 0 fully saturated rings. The summed E-state index contributed by atoms with van der Waals surface area (Å²) in [5.74, 6) is -0.0538. The molecule has 33 heavy (non-hydrogen) atoms. The van der Waals surface area contributed by atoms with Gasteiger partial charge in [-0.05, 0) is 49.4 Å². The van der Waals surface area contributed by atoms with Crippen LogP contribution in [0.3, 0.4) is 0 Å². The van der Waals surface area contributed by atoms with E-state index in [-0.39, 0.29) is 17.3 Å². The van der Waals surface area contributed by atoms with Gasteiger partial charge in [0.25, 0.3) is 0 Å². The molecule has 0 saturated heterocycles. The number of carbonyl (C=O) groups excluding carboxylic acids is 1. The van der Waals surface area contributed by atoms with Gasteiger partial charge in [0.15, 0.2) is 17.1 Å². The Labute approximate surface area is 191 Å². The molecule has 1 N–H and O–H groups in total. The first kappa shape index (κ1) is 24.3. The van der Waals surface area contributed by atoms with E-state index >= 15 is 0 Å². The predicted molar refractivity (Wildman–Crippen MR) is 116 cm³/mol. The van der Waals surface area contributed by atoms with E-state index in [2.05, 4.69) is 22.1 Å². The highest BCUT2D eigenvalue weighted by atomic mass is 32.2. The smallest absolute Gasteiger partial charge is 0.416 e. The number of halogens is 4. The summed E-state index contributed by atoms with van der Waals surface area (Å²) in [7, 11) is 0. The monoisotopic (exact) mass is 480 g/mol. The highest BCUT2D eigenvalue weighted by Gasteiger charge is 2.30. The maximum absolute atomic E-state index is 13.1. The largest absolute Gasteiger partial charge is 0.483 e. The number of thioether (sulfide) groups is 1. The zero-order valence-electron chi connectivity index (χ0n) is 17.5. The summed E-state index contributed by atoms with van der Waals surface area (Å²) >= 11 is 1.07. The Balaban J connectivity index is 1.66. The fourth-order valence-electron chi connectivity index (χ4n) is 2.88. The van der Waals surface area contributed by atoms with Crippen molar-refractivity contribution < 1.29 is 27.1 Å². The van der Waals surface area contributed by atoms with Gasteiger partial charge >= 0.3 is 6.18 Å². The molecule has 1 atom stereocenters. The van der Waals surface area contributed by atoms with Crippen molar-refractivity contribution in [1.82, 2.24) is 14.8 Å². The van der Waals surface area contributed by atoms with Crippen LogP contribution in [0.4, 0.5) is 23.2 Å². The van der Waals surface area contributed by atoms with Gasteiger partial charge in [-0.1, -0.05) is 23.9 Å². The molecule has 174 valence electrons. The van der Waals surface area contributed by atoms with E-state index in [0.717, 1.165) is 23.9 Å². The van der Waals surface area contributed by atoms with Gasteiger partial charge < -0.3 is 10.1 Å². The number of nitrogens with zero attached hydrogens (tertiary/aromatic N) is 3. The zero-order chi connectivity index (χ0) is 24.0. The Kier molecular flexibility index (Phi) is 7.75. The van der Waals surface area contributed by atoms with Gasteiger partial charge in [-0.15, -0.1) is 16.8 Å². The number of amides is 1. The molecule has 2 aromatic carbocycles. The van der Waals surface area contributed by atoms with Gasteiger partial charge in [0.1, 0.15) is 11.6 Å². The van der Waals surface area contributed by atoms with Gasteiger partial charge in [-0.3, -0.25) is 9.36 Å². The van der Waals surface area contributed by atoms with Gasteiger partial charge in [0.05, 0.1) is 11.3 Å². The fourth-order valence-corrected chi connectivity index (χ4v) is 3.63. The van der Waals surface area contributed by atoms with E-state index in [1.54, 1.807) is 17.6 Å². The fraction of sp³-hybridized carbons (Fsp3) is 0.227. The molecular weight excluding hydrogens is 460 g/mol. The quantitative estimate of drug-likeness (QED) is 0.249. The lowest BCUT2D eigenvalue weighted by atomic mass is 10.2. The average Bonchev–Trinajstić information content (AvgIpc) is 3.16. The summed E-state index contributed by atoms with van der Waals surface area (Å²) < 4.78 is 59.1. The number of benzene rings is 2. The van der Waals surface area contributed by atoms with Crippen LogP contribution in [0.25, 0.3) is 0 Å². The van der Waals surface area contributed by atoms with Crippen molar-refractivity contribution in [3.05, 3.63) is 78.4 Å². The molecule has 0 saturated carbocycles. The Hall–Kier alpha value is -3.34. The number of hydrogen-bond donors (Lipinski definition) is 1. The number of nitrogens with one attached hydrogen (secondary N) is 1. The highest BCUT2D eigenvalue weighted by Crippen LogP contribution is 2.31. The van der Waals surface area contributed by atoms with E-state index in [0.29, 0.717) is 23.3 Å². The van der Waals surface area contributed by atoms with Crippen LogP contribution in [-0.4, -0.2) is 26.4 Å². The zero-order valence-corrected chi connectivity index (χ0v) is 18.3. The van der Waals surface area contributed by atoms with E-state index in [4.69, 9.17) is 4.74 Å². The molecule has 3 aromatic rings. The van der Waals surface area contributed by atoms with Crippen molar-refractivity contribution in [2.45, 2.75) is 30.9 Å². The molecule has 1 heterocycles. The summed E-state index contributed by atoms with van der Waals surface area (Å²) in [6.45, 7) is 5.81. The van der Waals surface area contributed by atoms with Crippen molar-refractivity contribution >= 4 is 23.4 Å². The van der Waals surface area contributed by atoms with Gasteiger partial charge in [0, 0.05) is 12.2 Å². The minimum Gasteiger partial charge on any atom is -0.483 e. The maximum atomic E-state index is 13.1. The minimum atomic E-state index is -4.50. The summed E-state index contributed by atoms with van der Waals surface area (Å²) in [6, 6.07) is 9.95. The predicted octanol–water partition coefficient (Wildman–Crippen LogP) is 5.49. The van der Waals surface area contributed by atoms with Crippen LogP contribution in [-0.2, 0) is 17.5 Å². The van der Waals surface area contributed by atoms with Crippen molar-refractivity contribution in [2.24, 2.45) is 0 Å². The van der Waals surface area contributed by atoms with Crippen LogP contribution in [0.2, 0.25) is 0 Å². The summed E-state index contributed by atoms with van der Waals surface area (Å²) in [5.41, 5.74) is -0.802. The van der Waals surface area contributed by atoms with E-state index < -0.39 is 23.8 Å². The lowest BCUT2D eigenvalue weighted by Gasteiger charge is -2.15. The molecule has 0 aliphatic carbocycles. The molecule has 0 aliphatic rings. The third kappa shape index (κ3) is 6.58. The Morgan fingerprint density at radius 1 is 1.24 bits per heavy atom. The van der Waals surface area contributed by atoms with Crippen molar-refractivity contribution in [3.8, 4) is 5.75 Å². The third-order valence-corrected chi connectivity index (χ3v) is 5.32. The lowest BCUT2D eigenvalue weighted by Crippen LogP contribution is -2.16. The second-order valence-corrected chi connectivity index (χ2v) is 7.81. The first-order chi connectivity index (χ1) is 15.7. The Bertz CT molecular complexity index is 1120. The lowest BCUT2D eigenvalue weighted by molar-refractivity contribution is -0.137. The van der Waals surface area contributed by atoms with Crippen LogP contribution in [0, 0.1) is 5.82 Å². The van der Waals surface area contributed by atoms with E-state index in [1.165, 1.54) is 36.4 Å². The standard InChI is InChI=1S/C22H20F4N4O2S/c1-3-11-30-20(14(2)32-18-9-7-16(23)8-10-18)28-29-21(30)33-13-19(31)27-17-6-4-5-15(12-17)22(24,25)26/h3-10,12,14H,1,11,13H2,2H3,(H,27,31). The van der Waals surface area contributed by atoms with Crippen molar-refractivity contribution in [1.29, 1.82) is 0 Å². The second kappa shape index (κ2) is 10.5. The molecule has 3 rings (SSSR count). The van der Waals surface area contributed by atoms with Crippen LogP contribution < -0.4 is 10.1 Å². The van der Waals surface area contributed by atoms with E-state index in [9.17, 15) is 22.4 Å². The van der Waals surface area contributed by atoms with Gasteiger partial charge in [-0.2, -0.15) is 13.2 Å². The molecule has 0 spiro atoms. The topological polar surface area (TPSA) is 69.0 Å². The normalized spacial score (nSPS) is 12.3. The van der Waals surface area contributed by atoms with E-state index in [1.807, 2.05) is 0 Å². The first-order valence-electron chi connectivity index (χ1n) is 9.73. The highest BCUT2D eigenvalue weighted by molar-refractivity contribution is 7.99. The number of aromatic nitrogens is 3. The number of ether oxygens (including phenoxy) is 1. The average molecular weight is 480 g/mol. The first-order valence-corrected chi connectivity index (χ1v) is 10.7. The molecular formula is C22H20F4N4O2S. The summed E-state index contributed by atoms with van der Waals surface area (Å²) in [6.07, 6.45) is -3.40. The molecule has 0 radical (unpaired) electrons. The number of rotatable bonds is 9. The molecule has 0 aliphatic heterocycles. The molecule has 1 unspecified atom stereocenters. The number of allylic oxidation sites excluding steroid dienone is 1. The summed E-state index contributed by atoms with van der Waals surface area (Å²) in [5, 5.41) is 11.1. The van der Waals surface area contributed by atoms with Crippen LogP contribution in [0.15, 0.2) is 66.3 Å². The molecule has 1 aromatic heterocycles. The summed E-state index contributed by atoms with van der Waals surface area (Å²) in [4.78, 5) is 12.3. The number of alkyl halides is 3.